The first-order chi connectivity index (χ1) is 29.2. The van der Waals surface area contributed by atoms with E-state index in [0.29, 0.717) is 22.8 Å². The Balaban J connectivity index is 1.00. The van der Waals surface area contributed by atoms with E-state index in [1.54, 1.807) is 0 Å². The van der Waals surface area contributed by atoms with Crippen LogP contribution >= 0.6 is 0 Å². The Hall–Kier alpha value is -8.27. The van der Waals surface area contributed by atoms with Crippen LogP contribution in [0, 0.1) is 11.3 Å². The summed E-state index contributed by atoms with van der Waals surface area (Å²) in [4.78, 5) is 10.0. The van der Waals surface area contributed by atoms with E-state index in [1.165, 1.54) is 32.6 Å². The Labute approximate surface area is 338 Å². The maximum Gasteiger partial charge on any atom is 0.160 e. The quantitative estimate of drug-likeness (QED) is 0.175. The number of nitriles is 1. The number of rotatable bonds is 5. The molecule has 0 atom stereocenters. The van der Waals surface area contributed by atoms with Crippen molar-refractivity contribution in [2.75, 3.05) is 0 Å². The van der Waals surface area contributed by atoms with Gasteiger partial charge >= 0.3 is 0 Å². The van der Waals surface area contributed by atoms with Gasteiger partial charge in [0.15, 0.2) is 5.82 Å². The van der Waals surface area contributed by atoms with E-state index in [1.807, 2.05) is 72.8 Å². The number of aromatic nitrogens is 4. The highest BCUT2D eigenvalue weighted by molar-refractivity contribution is 6.13. The molecule has 0 N–H and O–H groups in total. The van der Waals surface area contributed by atoms with Gasteiger partial charge in [-0.2, -0.15) is 5.26 Å². The minimum atomic E-state index is 0.441. The summed E-state index contributed by atoms with van der Waals surface area (Å²) < 4.78 is 11.3. The zero-order valence-corrected chi connectivity index (χ0v) is 31.5. The Morgan fingerprint density at radius 2 is 0.881 bits per heavy atom. The summed E-state index contributed by atoms with van der Waals surface area (Å²) in [5, 5.41) is 17.3. The van der Waals surface area contributed by atoms with Crippen molar-refractivity contribution in [3.63, 3.8) is 0 Å². The molecule has 0 saturated heterocycles. The monoisotopic (exact) mass is 753 g/mol. The second kappa shape index (κ2) is 12.9. The van der Waals surface area contributed by atoms with Gasteiger partial charge in [0, 0.05) is 60.4 Å². The average molecular weight is 754 g/mol. The lowest BCUT2D eigenvalue weighted by atomic mass is 10.00. The number of hydrogen-bond donors (Lipinski definition) is 0. The second-order valence-corrected chi connectivity index (χ2v) is 14.9. The Bertz CT molecular complexity index is 3570. The largest absolute Gasteiger partial charge is 0.456 e. The molecule has 0 aliphatic rings. The summed E-state index contributed by atoms with van der Waals surface area (Å²) in [6.07, 6.45) is 0. The van der Waals surface area contributed by atoms with Gasteiger partial charge in [-0.25, -0.2) is 9.97 Å². The highest BCUT2D eigenvalue weighted by Crippen LogP contribution is 2.40. The van der Waals surface area contributed by atoms with Gasteiger partial charge in [0.25, 0.3) is 0 Å². The van der Waals surface area contributed by atoms with Crippen molar-refractivity contribution in [3.8, 4) is 51.3 Å². The number of benzene rings is 8. The first kappa shape index (κ1) is 32.9. The van der Waals surface area contributed by atoms with Crippen molar-refractivity contribution >= 4 is 65.6 Å². The molecule has 0 bridgehead atoms. The van der Waals surface area contributed by atoms with Gasteiger partial charge in [0.1, 0.15) is 22.8 Å². The molecule has 4 heterocycles. The molecule has 6 nitrogen and oxygen atoms in total. The van der Waals surface area contributed by atoms with E-state index in [0.717, 1.165) is 61.0 Å². The third-order valence-electron chi connectivity index (χ3n) is 11.6. The number of hydrogen-bond acceptors (Lipinski definition) is 4. The lowest BCUT2D eigenvalue weighted by Gasteiger charge is -2.12. The Morgan fingerprint density at radius 1 is 0.390 bits per heavy atom. The van der Waals surface area contributed by atoms with Crippen LogP contribution in [0.25, 0.3) is 111 Å². The zero-order valence-electron chi connectivity index (χ0n) is 31.5. The van der Waals surface area contributed by atoms with E-state index in [-0.39, 0.29) is 0 Å². The summed E-state index contributed by atoms with van der Waals surface area (Å²) in [5.41, 5.74) is 12.5. The molecule has 274 valence electrons. The molecule has 8 aromatic carbocycles. The van der Waals surface area contributed by atoms with Crippen LogP contribution in [0.5, 0.6) is 0 Å². The van der Waals surface area contributed by atoms with Gasteiger partial charge in [-0.05, 0) is 66.7 Å². The number of para-hydroxylation sites is 3. The fraction of sp³-hybridized carbons (Fsp3) is 0. The van der Waals surface area contributed by atoms with Crippen molar-refractivity contribution in [2.45, 2.75) is 0 Å². The van der Waals surface area contributed by atoms with Crippen LogP contribution in [-0.2, 0) is 0 Å². The predicted molar refractivity (Wildman–Crippen MR) is 239 cm³/mol. The third kappa shape index (κ3) is 5.05. The topological polar surface area (TPSA) is 72.6 Å². The van der Waals surface area contributed by atoms with Crippen molar-refractivity contribution in [2.24, 2.45) is 0 Å². The smallest absolute Gasteiger partial charge is 0.160 e. The molecule has 12 rings (SSSR count). The average Bonchev–Trinajstić information content (AvgIpc) is 3.96. The van der Waals surface area contributed by atoms with Crippen LogP contribution in [-0.4, -0.2) is 19.1 Å². The van der Waals surface area contributed by atoms with Gasteiger partial charge < -0.3 is 13.6 Å². The van der Waals surface area contributed by atoms with Gasteiger partial charge in [0.2, 0.25) is 0 Å². The third-order valence-corrected chi connectivity index (χ3v) is 11.6. The first-order valence-corrected chi connectivity index (χ1v) is 19.6. The molecular formula is C53H31N5O. The van der Waals surface area contributed by atoms with E-state index >= 15 is 0 Å². The molecule has 0 saturated carbocycles. The van der Waals surface area contributed by atoms with Crippen molar-refractivity contribution in [3.05, 3.63) is 194 Å². The van der Waals surface area contributed by atoms with Crippen LogP contribution < -0.4 is 0 Å². The van der Waals surface area contributed by atoms with E-state index in [4.69, 9.17) is 14.4 Å². The molecule has 59 heavy (non-hydrogen) atoms. The summed E-state index contributed by atoms with van der Waals surface area (Å²) >= 11 is 0. The van der Waals surface area contributed by atoms with Crippen LogP contribution in [0.3, 0.4) is 0 Å². The predicted octanol–water partition coefficient (Wildman–Crippen LogP) is 13.4. The fourth-order valence-corrected chi connectivity index (χ4v) is 8.93. The molecule has 0 spiro atoms. The molecule has 4 aromatic heterocycles. The number of nitrogens with zero attached hydrogens (tertiary/aromatic N) is 5. The van der Waals surface area contributed by atoms with Crippen LogP contribution in [0.2, 0.25) is 0 Å². The minimum absolute atomic E-state index is 0.441. The highest BCUT2D eigenvalue weighted by Gasteiger charge is 2.21. The molecule has 0 radical (unpaired) electrons. The lowest BCUT2D eigenvalue weighted by molar-refractivity contribution is 0.669. The van der Waals surface area contributed by atoms with Gasteiger partial charge in [0.05, 0.1) is 33.5 Å². The molecule has 12 aromatic rings. The van der Waals surface area contributed by atoms with Gasteiger partial charge in [-0.15, -0.1) is 0 Å². The molecule has 6 heteroatoms. The van der Waals surface area contributed by atoms with Gasteiger partial charge in [-0.1, -0.05) is 121 Å². The standard InChI is InChI=1S/C53H31N5O/c54-32-44-51(33-13-3-1-4-14-33)55-53(56-52(44)34-15-5-2-6-16-34)35-23-26-41-43-31-37(25-28-49(43)59-50(41)29-35)58-47-22-12-9-19-40(47)42-30-36(24-27-48(42)58)57-45-20-10-7-17-38(45)39-18-8-11-21-46(39)57/h1-31H. The van der Waals surface area contributed by atoms with Crippen molar-refractivity contribution in [1.82, 2.24) is 19.1 Å². The zero-order chi connectivity index (χ0) is 39.0. The maximum atomic E-state index is 10.4. The minimum Gasteiger partial charge on any atom is -0.456 e. The van der Waals surface area contributed by atoms with Crippen LogP contribution in [0.4, 0.5) is 0 Å². The van der Waals surface area contributed by atoms with E-state index < -0.39 is 0 Å². The summed E-state index contributed by atoms with van der Waals surface area (Å²) in [6.45, 7) is 0. The SMILES string of the molecule is N#Cc1c(-c2ccccc2)nc(-c2ccc3c(c2)oc2ccc(-n4c5ccccc5c5cc(-n6c7ccccc7c7ccccc76)ccc54)cc23)nc1-c1ccccc1. The number of fused-ring (bicyclic) bond motifs is 9. The van der Waals surface area contributed by atoms with Crippen molar-refractivity contribution < 1.29 is 4.42 Å². The normalized spacial score (nSPS) is 11.7. The maximum absolute atomic E-state index is 10.4. The molecular weight excluding hydrogens is 723 g/mol. The molecule has 0 amide bonds. The Morgan fingerprint density at radius 3 is 1.46 bits per heavy atom. The van der Waals surface area contributed by atoms with Gasteiger partial charge in [-0.3, -0.25) is 0 Å². The second-order valence-electron chi connectivity index (χ2n) is 14.9. The molecule has 0 unspecified atom stereocenters. The van der Waals surface area contributed by atoms with Crippen molar-refractivity contribution in [1.29, 1.82) is 5.26 Å². The molecule has 0 fully saturated rings. The summed E-state index contributed by atoms with van der Waals surface area (Å²) in [7, 11) is 0. The Kier molecular flexibility index (Phi) is 7.19. The van der Waals surface area contributed by atoms with Crippen LogP contribution in [0.1, 0.15) is 5.56 Å². The van der Waals surface area contributed by atoms with Crippen LogP contribution in [0.15, 0.2) is 192 Å². The highest BCUT2D eigenvalue weighted by atomic mass is 16.3. The fourth-order valence-electron chi connectivity index (χ4n) is 8.93. The summed E-state index contributed by atoms with van der Waals surface area (Å²) in [5.74, 6) is 0.523. The van der Waals surface area contributed by atoms with E-state index in [2.05, 4.69) is 130 Å². The molecule has 0 aliphatic heterocycles. The summed E-state index contributed by atoms with van der Waals surface area (Å²) in [6, 6.07) is 67.4. The lowest BCUT2D eigenvalue weighted by Crippen LogP contribution is -2.01. The van der Waals surface area contributed by atoms with E-state index in [9.17, 15) is 5.26 Å². The number of furan rings is 1. The molecule has 0 aliphatic carbocycles. The first-order valence-electron chi connectivity index (χ1n) is 19.6.